The van der Waals surface area contributed by atoms with Crippen LogP contribution >= 0.6 is 0 Å². The van der Waals surface area contributed by atoms with E-state index in [0.717, 1.165) is 38.4 Å². The molecule has 0 bridgehead atoms. The monoisotopic (exact) mass is 293 g/mol. The number of ether oxygens (including phenoxy) is 1. The van der Waals surface area contributed by atoms with Gasteiger partial charge in [-0.2, -0.15) is 0 Å². The normalized spacial score (nSPS) is 19.1. The molecule has 1 aromatic rings. The van der Waals surface area contributed by atoms with Crippen LogP contribution in [0.3, 0.4) is 0 Å². The van der Waals surface area contributed by atoms with Crippen molar-refractivity contribution in [2.24, 2.45) is 0 Å². The van der Waals surface area contributed by atoms with Crippen molar-refractivity contribution in [1.82, 2.24) is 10.2 Å². The molecule has 2 rings (SSSR count). The van der Waals surface area contributed by atoms with Gasteiger partial charge in [0.15, 0.2) is 0 Å². The van der Waals surface area contributed by atoms with Crippen LogP contribution in [0.4, 0.5) is 5.69 Å². The molecule has 0 saturated carbocycles. The molecule has 6 nitrogen and oxygen atoms in total. The van der Waals surface area contributed by atoms with Crippen LogP contribution < -0.4 is 5.32 Å². The largest absolute Gasteiger partial charge is 0.379 e. The first-order valence-electron chi connectivity index (χ1n) is 7.37. The van der Waals surface area contributed by atoms with Crippen LogP contribution in [0, 0.1) is 10.1 Å². The fourth-order valence-electron chi connectivity index (χ4n) is 2.65. The highest BCUT2D eigenvalue weighted by Gasteiger charge is 2.16. The number of morpholine rings is 1. The minimum atomic E-state index is -0.354. The van der Waals surface area contributed by atoms with Crippen LogP contribution in [0.25, 0.3) is 0 Å². The van der Waals surface area contributed by atoms with Crippen molar-refractivity contribution in [2.45, 2.75) is 25.9 Å². The lowest BCUT2D eigenvalue weighted by molar-refractivity contribution is -0.384. The van der Waals surface area contributed by atoms with E-state index < -0.39 is 0 Å². The Bertz CT molecular complexity index is 475. The number of rotatable bonds is 6. The van der Waals surface area contributed by atoms with Gasteiger partial charge in [0.2, 0.25) is 0 Å². The average molecular weight is 293 g/mol. The van der Waals surface area contributed by atoms with Crippen molar-refractivity contribution in [3.05, 3.63) is 39.9 Å². The maximum atomic E-state index is 10.8. The molecular formula is C15H23N3O3. The molecule has 6 heteroatoms. The van der Waals surface area contributed by atoms with Crippen molar-refractivity contribution in [3.8, 4) is 0 Å². The van der Waals surface area contributed by atoms with Gasteiger partial charge in [0, 0.05) is 43.9 Å². The highest BCUT2D eigenvalue weighted by Crippen LogP contribution is 2.19. The zero-order valence-corrected chi connectivity index (χ0v) is 12.6. The van der Waals surface area contributed by atoms with Gasteiger partial charge >= 0.3 is 0 Å². The number of hydrogen-bond acceptors (Lipinski definition) is 5. The smallest absolute Gasteiger partial charge is 0.269 e. The van der Waals surface area contributed by atoms with E-state index in [1.54, 1.807) is 12.1 Å². The summed E-state index contributed by atoms with van der Waals surface area (Å²) in [7, 11) is 0. The number of nitrogens with zero attached hydrogens (tertiary/aromatic N) is 2. The molecule has 0 spiro atoms. The van der Waals surface area contributed by atoms with Gasteiger partial charge in [-0.1, -0.05) is 12.1 Å². The van der Waals surface area contributed by atoms with Crippen molar-refractivity contribution in [3.63, 3.8) is 0 Å². The maximum absolute atomic E-state index is 10.8. The molecule has 2 atom stereocenters. The summed E-state index contributed by atoms with van der Waals surface area (Å²) in [5.41, 5.74) is 1.08. The molecule has 0 amide bonds. The molecule has 2 unspecified atom stereocenters. The van der Waals surface area contributed by atoms with E-state index in [1.165, 1.54) is 6.07 Å². The minimum Gasteiger partial charge on any atom is -0.379 e. The quantitative estimate of drug-likeness (QED) is 0.641. The number of hydrogen-bond donors (Lipinski definition) is 1. The Morgan fingerprint density at radius 3 is 2.76 bits per heavy atom. The number of nitrogens with one attached hydrogen (secondary N) is 1. The lowest BCUT2D eigenvalue weighted by atomic mass is 10.1. The SMILES string of the molecule is CC(CN1CCOCC1)NC(C)c1cccc([N+](=O)[O-])c1. The first-order chi connectivity index (χ1) is 10.1. The van der Waals surface area contributed by atoms with Gasteiger partial charge in [0.1, 0.15) is 0 Å². The molecule has 1 saturated heterocycles. The summed E-state index contributed by atoms with van der Waals surface area (Å²) >= 11 is 0. The molecule has 0 radical (unpaired) electrons. The van der Waals surface area contributed by atoms with Gasteiger partial charge in [-0.3, -0.25) is 15.0 Å². The van der Waals surface area contributed by atoms with Gasteiger partial charge < -0.3 is 10.1 Å². The van der Waals surface area contributed by atoms with Crippen LogP contribution in [0.5, 0.6) is 0 Å². The van der Waals surface area contributed by atoms with Crippen LogP contribution in [0.2, 0.25) is 0 Å². The van der Waals surface area contributed by atoms with Crippen molar-refractivity contribution in [2.75, 3.05) is 32.8 Å². The van der Waals surface area contributed by atoms with E-state index in [2.05, 4.69) is 17.1 Å². The summed E-state index contributed by atoms with van der Waals surface area (Å²) < 4.78 is 5.34. The fourth-order valence-corrected chi connectivity index (χ4v) is 2.65. The van der Waals surface area contributed by atoms with Crippen molar-refractivity contribution >= 4 is 5.69 Å². The Hall–Kier alpha value is -1.50. The lowest BCUT2D eigenvalue weighted by Gasteiger charge is -2.30. The third kappa shape index (κ3) is 4.77. The first-order valence-corrected chi connectivity index (χ1v) is 7.37. The molecule has 116 valence electrons. The Labute approximate surface area is 125 Å². The van der Waals surface area contributed by atoms with E-state index in [9.17, 15) is 10.1 Å². The molecule has 1 heterocycles. The fraction of sp³-hybridized carbons (Fsp3) is 0.600. The second kappa shape index (κ2) is 7.49. The summed E-state index contributed by atoms with van der Waals surface area (Å²) in [5.74, 6) is 0. The highest BCUT2D eigenvalue weighted by molar-refractivity contribution is 5.35. The average Bonchev–Trinajstić information content (AvgIpc) is 2.48. The zero-order chi connectivity index (χ0) is 15.2. The van der Waals surface area contributed by atoms with E-state index >= 15 is 0 Å². The summed E-state index contributed by atoms with van der Waals surface area (Å²) in [6.07, 6.45) is 0. The second-order valence-corrected chi connectivity index (χ2v) is 5.55. The maximum Gasteiger partial charge on any atom is 0.269 e. The molecule has 1 N–H and O–H groups in total. The van der Waals surface area contributed by atoms with Crippen LogP contribution in [-0.4, -0.2) is 48.7 Å². The predicted molar refractivity (Wildman–Crippen MR) is 81.4 cm³/mol. The molecule has 0 aromatic heterocycles. The van der Waals surface area contributed by atoms with Crippen molar-refractivity contribution < 1.29 is 9.66 Å². The van der Waals surface area contributed by atoms with Crippen LogP contribution in [0.15, 0.2) is 24.3 Å². The Morgan fingerprint density at radius 1 is 1.38 bits per heavy atom. The van der Waals surface area contributed by atoms with Gasteiger partial charge in [0.25, 0.3) is 5.69 Å². The Kier molecular flexibility index (Phi) is 5.67. The molecular weight excluding hydrogens is 270 g/mol. The van der Waals surface area contributed by atoms with Crippen LogP contribution in [-0.2, 0) is 4.74 Å². The number of benzene rings is 1. The number of non-ortho nitro benzene ring substituents is 1. The molecule has 1 aliphatic rings. The molecule has 1 aromatic carbocycles. The summed E-state index contributed by atoms with van der Waals surface area (Å²) in [4.78, 5) is 12.8. The van der Waals surface area contributed by atoms with Crippen LogP contribution in [0.1, 0.15) is 25.5 Å². The summed E-state index contributed by atoms with van der Waals surface area (Å²) in [6, 6.07) is 7.22. The standard InChI is InChI=1S/C15H23N3O3/c1-12(11-17-6-8-21-9-7-17)16-13(2)14-4-3-5-15(10-14)18(19)20/h3-5,10,12-13,16H,6-9,11H2,1-2H3. The van der Waals surface area contributed by atoms with E-state index in [0.29, 0.717) is 6.04 Å². The van der Waals surface area contributed by atoms with Gasteiger partial charge in [0.05, 0.1) is 18.1 Å². The first kappa shape index (κ1) is 15.9. The Morgan fingerprint density at radius 2 is 2.10 bits per heavy atom. The third-order valence-electron chi connectivity index (χ3n) is 3.75. The third-order valence-corrected chi connectivity index (χ3v) is 3.75. The topological polar surface area (TPSA) is 67.6 Å². The Balaban J connectivity index is 1.89. The number of nitro benzene ring substituents is 1. The predicted octanol–water partition coefficient (Wildman–Crippen LogP) is 1.97. The van der Waals surface area contributed by atoms with E-state index in [4.69, 9.17) is 4.74 Å². The highest BCUT2D eigenvalue weighted by atomic mass is 16.6. The van der Waals surface area contributed by atoms with Gasteiger partial charge in [-0.05, 0) is 19.4 Å². The number of nitro groups is 1. The summed E-state index contributed by atoms with van der Waals surface area (Å²) in [6.45, 7) is 8.68. The zero-order valence-electron chi connectivity index (χ0n) is 12.6. The van der Waals surface area contributed by atoms with E-state index in [1.807, 2.05) is 13.0 Å². The lowest BCUT2D eigenvalue weighted by Crippen LogP contribution is -2.44. The minimum absolute atomic E-state index is 0.0842. The molecule has 1 fully saturated rings. The van der Waals surface area contributed by atoms with Gasteiger partial charge in [-0.15, -0.1) is 0 Å². The van der Waals surface area contributed by atoms with Gasteiger partial charge in [-0.25, -0.2) is 0 Å². The second-order valence-electron chi connectivity index (χ2n) is 5.55. The molecule has 0 aliphatic carbocycles. The molecule has 21 heavy (non-hydrogen) atoms. The summed E-state index contributed by atoms with van der Waals surface area (Å²) in [5, 5.41) is 14.3. The van der Waals surface area contributed by atoms with Crippen molar-refractivity contribution in [1.29, 1.82) is 0 Å². The molecule has 1 aliphatic heterocycles. The van der Waals surface area contributed by atoms with E-state index in [-0.39, 0.29) is 16.7 Å².